The molecule has 12 nitrogen and oxygen atoms in total. The minimum atomic E-state index is -3.74. The lowest BCUT2D eigenvalue weighted by atomic mass is 10.2. The van der Waals surface area contributed by atoms with Crippen molar-refractivity contribution in [2.45, 2.75) is 25.2 Å². The zero-order chi connectivity index (χ0) is 24.3. The Labute approximate surface area is 195 Å². The molecule has 0 spiro atoms. The normalized spacial score (nSPS) is 14.8. The lowest BCUT2D eigenvalue weighted by Crippen LogP contribution is -2.40. The van der Waals surface area contributed by atoms with E-state index < -0.39 is 28.5 Å². The highest BCUT2D eigenvalue weighted by Crippen LogP contribution is 2.24. The highest BCUT2D eigenvalue weighted by atomic mass is 32.2. The summed E-state index contributed by atoms with van der Waals surface area (Å²) in [4.78, 5) is 33.1. The minimum absolute atomic E-state index is 0.101. The van der Waals surface area contributed by atoms with Crippen LogP contribution in [0.25, 0.3) is 5.78 Å². The van der Waals surface area contributed by atoms with Gasteiger partial charge in [0, 0.05) is 25.0 Å². The maximum atomic E-state index is 13.0. The summed E-state index contributed by atoms with van der Waals surface area (Å²) >= 11 is 0. The SMILES string of the molecule is CCc1c(C(=O)OCC(=O)Nc2ccc(C)c(S(=O)(=O)N3CCOCC3)c2)cnc2ncnn12. The summed E-state index contributed by atoms with van der Waals surface area (Å²) in [6.45, 7) is 4.17. The first-order chi connectivity index (χ1) is 16.3. The Hall–Kier alpha value is -3.42. The van der Waals surface area contributed by atoms with Gasteiger partial charge in [0.1, 0.15) is 6.33 Å². The molecule has 1 amide bonds. The fourth-order valence-corrected chi connectivity index (χ4v) is 5.28. The van der Waals surface area contributed by atoms with Crippen LogP contribution < -0.4 is 5.32 Å². The van der Waals surface area contributed by atoms with E-state index in [0.717, 1.165) is 0 Å². The van der Waals surface area contributed by atoms with Gasteiger partial charge in [0.2, 0.25) is 10.0 Å². The van der Waals surface area contributed by atoms with Crippen molar-refractivity contribution in [3.63, 3.8) is 0 Å². The summed E-state index contributed by atoms with van der Waals surface area (Å²) in [5.74, 6) is -0.982. The predicted octanol–water partition coefficient (Wildman–Crippen LogP) is 0.812. The summed E-state index contributed by atoms with van der Waals surface area (Å²) in [5.41, 5.74) is 1.57. The summed E-state index contributed by atoms with van der Waals surface area (Å²) in [5, 5.41) is 6.63. The van der Waals surface area contributed by atoms with E-state index in [1.54, 1.807) is 19.1 Å². The van der Waals surface area contributed by atoms with Crippen LogP contribution >= 0.6 is 0 Å². The molecule has 1 saturated heterocycles. The standard InChI is InChI=1S/C21H24N6O6S/c1-3-17-16(11-22-21-23-13-24-27(17)21)20(29)33-12-19(28)25-15-5-4-14(2)18(10-15)34(30,31)26-6-8-32-9-7-26/h4-5,10-11,13H,3,6-9,12H2,1-2H3,(H,25,28). The maximum absolute atomic E-state index is 13.0. The molecule has 2 aromatic heterocycles. The van der Waals surface area contributed by atoms with Gasteiger partial charge in [-0.3, -0.25) is 4.79 Å². The second-order valence-corrected chi connectivity index (χ2v) is 9.47. The van der Waals surface area contributed by atoms with Gasteiger partial charge >= 0.3 is 5.97 Å². The van der Waals surface area contributed by atoms with Crippen LogP contribution in [0.5, 0.6) is 0 Å². The zero-order valence-corrected chi connectivity index (χ0v) is 19.5. The molecule has 0 unspecified atom stereocenters. The predicted molar refractivity (Wildman–Crippen MR) is 120 cm³/mol. The van der Waals surface area contributed by atoms with Gasteiger partial charge in [-0.1, -0.05) is 13.0 Å². The number of esters is 1. The van der Waals surface area contributed by atoms with Gasteiger partial charge in [0.25, 0.3) is 11.7 Å². The summed E-state index contributed by atoms with van der Waals surface area (Å²) in [6.07, 6.45) is 3.15. The van der Waals surface area contributed by atoms with E-state index in [1.807, 2.05) is 6.92 Å². The Morgan fingerprint density at radius 1 is 1.21 bits per heavy atom. The molecule has 4 rings (SSSR count). The highest BCUT2D eigenvalue weighted by Gasteiger charge is 2.28. The second kappa shape index (κ2) is 9.83. The number of anilines is 1. The van der Waals surface area contributed by atoms with Crippen molar-refractivity contribution in [1.29, 1.82) is 0 Å². The molecule has 0 aliphatic carbocycles. The number of morpholine rings is 1. The van der Waals surface area contributed by atoms with Crippen molar-refractivity contribution in [2.75, 3.05) is 38.2 Å². The number of aryl methyl sites for hydroxylation is 2. The van der Waals surface area contributed by atoms with Crippen LogP contribution in [-0.4, -0.2) is 77.1 Å². The Balaban J connectivity index is 1.43. The summed E-state index contributed by atoms with van der Waals surface area (Å²) in [7, 11) is -3.74. The van der Waals surface area contributed by atoms with Crippen LogP contribution in [0.15, 0.2) is 35.6 Å². The van der Waals surface area contributed by atoms with Crippen LogP contribution in [0.1, 0.15) is 28.5 Å². The summed E-state index contributed by atoms with van der Waals surface area (Å²) < 4.78 is 39.2. The molecule has 1 aromatic carbocycles. The van der Waals surface area contributed by atoms with Crippen molar-refractivity contribution in [1.82, 2.24) is 23.9 Å². The minimum Gasteiger partial charge on any atom is -0.452 e. The first-order valence-electron chi connectivity index (χ1n) is 10.6. The maximum Gasteiger partial charge on any atom is 0.342 e. The third-order valence-corrected chi connectivity index (χ3v) is 7.40. The van der Waals surface area contributed by atoms with Gasteiger partial charge in [0.05, 0.1) is 29.4 Å². The summed E-state index contributed by atoms with van der Waals surface area (Å²) in [6, 6.07) is 4.60. The number of nitrogens with zero attached hydrogens (tertiary/aromatic N) is 5. The van der Waals surface area contributed by atoms with Crippen LogP contribution in [0.3, 0.4) is 0 Å². The van der Waals surface area contributed by atoms with E-state index in [2.05, 4.69) is 20.4 Å². The average molecular weight is 489 g/mol. The van der Waals surface area contributed by atoms with E-state index in [0.29, 0.717) is 36.7 Å². The Morgan fingerprint density at radius 3 is 2.71 bits per heavy atom. The van der Waals surface area contributed by atoms with Gasteiger partial charge in [0.15, 0.2) is 6.61 Å². The molecule has 3 aromatic rings. The number of hydrogen-bond acceptors (Lipinski definition) is 9. The van der Waals surface area contributed by atoms with Gasteiger partial charge in [-0.2, -0.15) is 14.4 Å². The van der Waals surface area contributed by atoms with E-state index in [-0.39, 0.29) is 29.2 Å². The van der Waals surface area contributed by atoms with Crippen LogP contribution in [0.2, 0.25) is 0 Å². The second-order valence-electron chi connectivity index (χ2n) is 7.57. The van der Waals surface area contributed by atoms with Crippen LogP contribution in [0, 0.1) is 6.92 Å². The third kappa shape index (κ3) is 4.76. The highest BCUT2D eigenvalue weighted by molar-refractivity contribution is 7.89. The number of fused-ring (bicyclic) bond motifs is 1. The van der Waals surface area contributed by atoms with Crippen molar-refractivity contribution in [2.24, 2.45) is 0 Å². The van der Waals surface area contributed by atoms with Crippen LogP contribution in [-0.2, 0) is 30.7 Å². The number of carbonyl (C=O) groups is 2. The van der Waals surface area contributed by atoms with Crippen molar-refractivity contribution in [3.8, 4) is 0 Å². The molecule has 3 heterocycles. The molecule has 13 heteroatoms. The van der Waals surface area contributed by atoms with Crippen molar-refractivity contribution < 1.29 is 27.5 Å². The van der Waals surface area contributed by atoms with Gasteiger partial charge in [-0.15, -0.1) is 0 Å². The van der Waals surface area contributed by atoms with Gasteiger partial charge < -0.3 is 14.8 Å². The Bertz CT molecular complexity index is 1330. The van der Waals surface area contributed by atoms with Crippen molar-refractivity contribution >= 4 is 33.4 Å². The topological polar surface area (TPSA) is 145 Å². The molecule has 0 atom stereocenters. The molecule has 1 N–H and O–H groups in total. The first-order valence-corrected chi connectivity index (χ1v) is 12.1. The van der Waals surface area contributed by atoms with E-state index in [4.69, 9.17) is 9.47 Å². The van der Waals surface area contributed by atoms with Gasteiger partial charge in [-0.25, -0.2) is 22.7 Å². The third-order valence-electron chi connectivity index (χ3n) is 5.35. The molecule has 1 fully saturated rings. The lowest BCUT2D eigenvalue weighted by Gasteiger charge is -2.26. The number of sulfonamides is 1. The largest absolute Gasteiger partial charge is 0.452 e. The Kier molecular flexibility index (Phi) is 6.86. The lowest BCUT2D eigenvalue weighted by molar-refractivity contribution is -0.119. The number of benzene rings is 1. The number of aromatic nitrogens is 4. The Morgan fingerprint density at radius 2 is 1.97 bits per heavy atom. The monoisotopic (exact) mass is 488 g/mol. The molecule has 1 aliphatic heterocycles. The van der Waals surface area contributed by atoms with E-state index in [9.17, 15) is 18.0 Å². The quantitative estimate of drug-likeness (QED) is 0.478. The fourth-order valence-electron chi connectivity index (χ4n) is 3.62. The van der Waals surface area contributed by atoms with E-state index >= 15 is 0 Å². The molecular weight excluding hydrogens is 464 g/mol. The average Bonchev–Trinajstić information content (AvgIpc) is 3.32. The molecule has 0 bridgehead atoms. The number of ether oxygens (including phenoxy) is 2. The fraction of sp³-hybridized carbons (Fsp3) is 0.381. The molecule has 1 aliphatic rings. The number of hydrogen-bond donors (Lipinski definition) is 1. The number of carbonyl (C=O) groups excluding carboxylic acids is 2. The number of nitrogens with one attached hydrogen (secondary N) is 1. The van der Waals surface area contributed by atoms with Gasteiger partial charge in [-0.05, 0) is 31.0 Å². The van der Waals surface area contributed by atoms with Crippen LogP contribution in [0.4, 0.5) is 5.69 Å². The molecule has 0 radical (unpaired) electrons. The number of rotatable bonds is 7. The smallest absolute Gasteiger partial charge is 0.342 e. The van der Waals surface area contributed by atoms with Crippen molar-refractivity contribution in [3.05, 3.63) is 47.5 Å². The molecule has 34 heavy (non-hydrogen) atoms. The molecule has 180 valence electrons. The number of amides is 1. The van der Waals surface area contributed by atoms with E-state index in [1.165, 1.54) is 27.4 Å². The first kappa shape index (κ1) is 23.7. The zero-order valence-electron chi connectivity index (χ0n) is 18.7. The molecule has 0 saturated carbocycles. The molecular formula is C21H24N6O6S.